The Morgan fingerprint density at radius 2 is 2.06 bits per heavy atom. The van der Waals surface area contributed by atoms with Crippen LogP contribution in [0.2, 0.25) is 0 Å². The number of amides is 1. The summed E-state index contributed by atoms with van der Waals surface area (Å²) in [7, 11) is 0. The molecule has 0 bridgehead atoms. The molecule has 7 nitrogen and oxygen atoms in total. The minimum Gasteiger partial charge on any atom is -0.467 e. The molecule has 0 aliphatic heterocycles. The highest BCUT2D eigenvalue weighted by Gasteiger charge is 2.20. The number of benzene rings is 2. The Labute approximate surface area is 182 Å². The number of furan rings is 1. The highest BCUT2D eigenvalue weighted by Crippen LogP contribution is 2.33. The Hall–Kier alpha value is -3.78. The monoisotopic (exact) mass is 433 g/mol. The van der Waals surface area contributed by atoms with Crippen molar-refractivity contribution >= 4 is 44.4 Å². The molecule has 0 spiro atoms. The van der Waals surface area contributed by atoms with E-state index in [0.29, 0.717) is 16.5 Å². The number of thiazole rings is 1. The van der Waals surface area contributed by atoms with Gasteiger partial charge in [-0.15, -0.1) is 0 Å². The number of carbonyl (C=O) groups is 1. The molecule has 2 heterocycles. The molecule has 1 amide bonds. The van der Waals surface area contributed by atoms with Gasteiger partial charge in [-0.25, -0.2) is 4.98 Å². The Morgan fingerprint density at radius 3 is 2.81 bits per heavy atom. The van der Waals surface area contributed by atoms with E-state index in [-0.39, 0.29) is 18.1 Å². The van der Waals surface area contributed by atoms with E-state index >= 15 is 0 Å². The lowest BCUT2D eigenvalue weighted by Crippen LogP contribution is -2.28. The Morgan fingerprint density at radius 1 is 1.23 bits per heavy atom. The summed E-state index contributed by atoms with van der Waals surface area (Å²) in [5, 5.41) is 11.6. The molecule has 0 radical (unpaired) electrons. The zero-order valence-corrected chi connectivity index (χ0v) is 17.8. The molecule has 0 atom stereocenters. The zero-order valence-electron chi connectivity index (χ0n) is 16.9. The number of aromatic nitrogens is 1. The van der Waals surface area contributed by atoms with E-state index in [1.807, 2.05) is 19.9 Å². The number of rotatable bonds is 6. The Balaban J connectivity index is 1.68. The minimum absolute atomic E-state index is 0.0286. The molecule has 4 aromatic rings. The molecule has 0 aliphatic carbocycles. The van der Waals surface area contributed by atoms with E-state index in [4.69, 9.17) is 4.42 Å². The third-order valence-corrected chi connectivity index (χ3v) is 5.93. The van der Waals surface area contributed by atoms with Crippen molar-refractivity contribution in [3.05, 3.63) is 93.4 Å². The second-order valence-corrected chi connectivity index (χ2v) is 8.09. The topological polar surface area (TPSA) is 89.5 Å². The SMILES string of the molecule is Cc1cc(C)c2sc(N(Cc3ccco3)C(=O)/C=C/c3cccc([N+](=O)[O-])c3)nc2c1. The van der Waals surface area contributed by atoms with E-state index < -0.39 is 4.92 Å². The average molecular weight is 433 g/mol. The van der Waals surface area contributed by atoms with E-state index in [9.17, 15) is 14.9 Å². The normalized spacial score (nSPS) is 11.3. The van der Waals surface area contributed by atoms with Crippen molar-refractivity contribution in [2.45, 2.75) is 20.4 Å². The number of carbonyl (C=O) groups excluding carboxylic acids is 1. The van der Waals surface area contributed by atoms with Crippen molar-refractivity contribution in [2.24, 2.45) is 0 Å². The molecule has 0 unspecified atom stereocenters. The van der Waals surface area contributed by atoms with Crippen LogP contribution < -0.4 is 4.90 Å². The summed E-state index contributed by atoms with van der Waals surface area (Å²) in [6.07, 6.45) is 4.52. The zero-order chi connectivity index (χ0) is 22.0. The fraction of sp³-hybridized carbons (Fsp3) is 0.130. The average Bonchev–Trinajstić information content (AvgIpc) is 3.40. The number of nitrogens with zero attached hydrogens (tertiary/aromatic N) is 3. The maximum absolute atomic E-state index is 13.1. The molecule has 0 aliphatic rings. The first-order valence-corrected chi connectivity index (χ1v) is 10.4. The predicted molar refractivity (Wildman–Crippen MR) is 121 cm³/mol. The second kappa shape index (κ2) is 8.53. The number of non-ortho nitro benzene ring substituents is 1. The van der Waals surface area contributed by atoms with Gasteiger partial charge in [0.05, 0.1) is 27.9 Å². The van der Waals surface area contributed by atoms with Gasteiger partial charge in [-0.05, 0) is 54.8 Å². The first kappa shape index (κ1) is 20.5. The van der Waals surface area contributed by atoms with Gasteiger partial charge in [-0.2, -0.15) is 0 Å². The number of hydrogen-bond acceptors (Lipinski definition) is 6. The standard InChI is InChI=1S/C23H19N3O4S/c1-15-11-16(2)22-20(12-15)24-23(31-22)25(14-19-7-4-10-30-19)21(27)9-8-17-5-3-6-18(13-17)26(28)29/h3-13H,14H2,1-2H3/b9-8+. The quantitative estimate of drug-likeness (QED) is 0.222. The van der Waals surface area contributed by atoms with Gasteiger partial charge >= 0.3 is 0 Å². The van der Waals surface area contributed by atoms with Crippen LogP contribution in [0.1, 0.15) is 22.5 Å². The molecule has 0 fully saturated rings. The van der Waals surface area contributed by atoms with E-state index in [1.54, 1.807) is 41.5 Å². The summed E-state index contributed by atoms with van der Waals surface area (Å²) in [6.45, 7) is 4.26. The van der Waals surface area contributed by atoms with Crippen LogP contribution in [0.25, 0.3) is 16.3 Å². The largest absolute Gasteiger partial charge is 0.467 e. The molecule has 156 valence electrons. The first-order valence-electron chi connectivity index (χ1n) is 9.55. The van der Waals surface area contributed by atoms with Gasteiger partial charge < -0.3 is 4.42 Å². The Kier molecular flexibility index (Phi) is 5.64. The van der Waals surface area contributed by atoms with Gasteiger partial charge in [-0.3, -0.25) is 19.8 Å². The lowest BCUT2D eigenvalue weighted by molar-refractivity contribution is -0.384. The lowest BCUT2D eigenvalue weighted by atomic mass is 10.1. The van der Waals surface area contributed by atoms with Crippen LogP contribution >= 0.6 is 11.3 Å². The van der Waals surface area contributed by atoms with Crippen LogP contribution in [-0.2, 0) is 11.3 Å². The number of nitro groups is 1. The number of hydrogen-bond donors (Lipinski definition) is 0. The van der Waals surface area contributed by atoms with Crippen LogP contribution in [0.3, 0.4) is 0 Å². The lowest BCUT2D eigenvalue weighted by Gasteiger charge is -2.16. The van der Waals surface area contributed by atoms with Gasteiger partial charge in [0.15, 0.2) is 5.13 Å². The molecule has 0 N–H and O–H groups in total. The molecule has 0 saturated carbocycles. The van der Waals surface area contributed by atoms with Crippen molar-refractivity contribution in [1.29, 1.82) is 0 Å². The third kappa shape index (κ3) is 4.54. The van der Waals surface area contributed by atoms with Gasteiger partial charge in [0, 0.05) is 18.2 Å². The molecular weight excluding hydrogens is 414 g/mol. The fourth-order valence-electron chi connectivity index (χ4n) is 3.28. The molecule has 2 aromatic heterocycles. The van der Waals surface area contributed by atoms with Crippen LogP contribution in [0.15, 0.2) is 65.3 Å². The number of nitro benzene ring substituents is 1. The Bertz CT molecular complexity index is 1290. The van der Waals surface area contributed by atoms with Crippen LogP contribution in [0.5, 0.6) is 0 Å². The van der Waals surface area contributed by atoms with E-state index in [1.165, 1.54) is 29.5 Å². The van der Waals surface area contributed by atoms with Crippen molar-refractivity contribution in [3.63, 3.8) is 0 Å². The predicted octanol–water partition coefficient (Wildman–Crippen LogP) is 5.66. The van der Waals surface area contributed by atoms with E-state index in [2.05, 4.69) is 11.1 Å². The van der Waals surface area contributed by atoms with Gasteiger partial charge in [-0.1, -0.05) is 29.5 Å². The third-order valence-electron chi connectivity index (χ3n) is 4.70. The molecule has 31 heavy (non-hydrogen) atoms. The maximum Gasteiger partial charge on any atom is 0.270 e. The summed E-state index contributed by atoms with van der Waals surface area (Å²) in [4.78, 5) is 29.9. The number of aryl methyl sites for hydroxylation is 2. The summed E-state index contributed by atoms with van der Waals surface area (Å²) in [5.41, 5.74) is 3.60. The molecule has 2 aromatic carbocycles. The van der Waals surface area contributed by atoms with Crippen molar-refractivity contribution in [2.75, 3.05) is 4.90 Å². The smallest absolute Gasteiger partial charge is 0.270 e. The van der Waals surface area contributed by atoms with Crippen molar-refractivity contribution in [1.82, 2.24) is 4.98 Å². The summed E-state index contributed by atoms with van der Waals surface area (Å²) in [5.74, 6) is 0.334. The summed E-state index contributed by atoms with van der Waals surface area (Å²) < 4.78 is 6.47. The van der Waals surface area contributed by atoms with Gasteiger partial charge in [0.25, 0.3) is 11.6 Å². The number of anilines is 1. The van der Waals surface area contributed by atoms with Crippen LogP contribution in [0, 0.1) is 24.0 Å². The highest BCUT2D eigenvalue weighted by atomic mass is 32.1. The maximum atomic E-state index is 13.1. The van der Waals surface area contributed by atoms with Crippen LogP contribution in [-0.4, -0.2) is 15.8 Å². The minimum atomic E-state index is -0.464. The molecule has 8 heteroatoms. The summed E-state index contributed by atoms with van der Waals surface area (Å²) >= 11 is 1.45. The fourth-order valence-corrected chi connectivity index (χ4v) is 4.30. The molecule has 0 saturated heterocycles. The highest BCUT2D eigenvalue weighted by molar-refractivity contribution is 7.22. The molecular formula is C23H19N3O4S. The summed E-state index contributed by atoms with van der Waals surface area (Å²) in [6, 6.07) is 13.8. The van der Waals surface area contributed by atoms with Crippen molar-refractivity contribution in [3.8, 4) is 0 Å². The van der Waals surface area contributed by atoms with Crippen LogP contribution in [0.4, 0.5) is 10.8 Å². The first-order chi connectivity index (χ1) is 14.9. The number of fused-ring (bicyclic) bond motifs is 1. The van der Waals surface area contributed by atoms with E-state index in [0.717, 1.165) is 21.3 Å². The second-order valence-electron chi connectivity index (χ2n) is 7.12. The van der Waals surface area contributed by atoms with Crippen molar-refractivity contribution < 1.29 is 14.1 Å². The van der Waals surface area contributed by atoms with Gasteiger partial charge in [0.2, 0.25) is 0 Å². The van der Waals surface area contributed by atoms with Gasteiger partial charge in [0.1, 0.15) is 5.76 Å². The molecule has 4 rings (SSSR count).